The normalized spacial score (nSPS) is 11.8. The highest BCUT2D eigenvalue weighted by atomic mass is 16.5. The highest BCUT2D eigenvalue weighted by molar-refractivity contribution is 5.95. The summed E-state index contributed by atoms with van der Waals surface area (Å²) in [7, 11) is 0. The van der Waals surface area contributed by atoms with Crippen LogP contribution >= 0.6 is 0 Å². The van der Waals surface area contributed by atoms with Crippen LogP contribution in [0.15, 0.2) is 48.5 Å². The van der Waals surface area contributed by atoms with Crippen LogP contribution in [0.2, 0.25) is 0 Å². The highest BCUT2D eigenvalue weighted by Crippen LogP contribution is 2.37. The number of hydrogen-bond acceptors (Lipinski definition) is 6. The van der Waals surface area contributed by atoms with Gasteiger partial charge in [0, 0.05) is 11.1 Å². The first-order valence-corrected chi connectivity index (χ1v) is 11.8. The largest absolute Gasteiger partial charge is 0.507 e. The summed E-state index contributed by atoms with van der Waals surface area (Å²) >= 11 is 0. The average molecular weight is 491 g/mol. The van der Waals surface area contributed by atoms with Crippen molar-refractivity contribution in [2.24, 2.45) is 0 Å². The van der Waals surface area contributed by atoms with Gasteiger partial charge < -0.3 is 19.7 Å². The molecule has 3 aromatic rings. The second kappa shape index (κ2) is 9.69. The van der Waals surface area contributed by atoms with Crippen molar-refractivity contribution in [2.45, 2.75) is 66.2 Å². The molecule has 6 nitrogen and oxygen atoms in total. The van der Waals surface area contributed by atoms with Gasteiger partial charge >= 0.3 is 11.9 Å². The molecule has 0 amide bonds. The van der Waals surface area contributed by atoms with Gasteiger partial charge in [0.05, 0.1) is 11.1 Å². The Morgan fingerprint density at radius 1 is 0.611 bits per heavy atom. The summed E-state index contributed by atoms with van der Waals surface area (Å²) in [5.41, 5.74) is 2.47. The van der Waals surface area contributed by atoms with E-state index in [-0.39, 0.29) is 33.5 Å². The number of rotatable bonds is 4. The number of hydrogen-bond donors (Lipinski definition) is 2. The lowest BCUT2D eigenvalue weighted by Gasteiger charge is -2.22. The fraction of sp³-hybridized carbons (Fsp3) is 0.333. The molecule has 0 spiro atoms. The molecule has 0 aliphatic carbocycles. The van der Waals surface area contributed by atoms with Crippen LogP contribution in [0.1, 0.15) is 84.5 Å². The van der Waals surface area contributed by atoms with Gasteiger partial charge in [-0.25, -0.2) is 9.59 Å². The maximum absolute atomic E-state index is 12.7. The second-order valence-corrected chi connectivity index (χ2v) is 11.1. The third-order valence-corrected chi connectivity index (χ3v) is 5.94. The van der Waals surface area contributed by atoms with Gasteiger partial charge in [-0.05, 0) is 84.3 Å². The van der Waals surface area contributed by atoms with E-state index in [0.717, 1.165) is 0 Å². The molecule has 3 aromatic carbocycles. The molecule has 0 bridgehead atoms. The fourth-order valence-electron chi connectivity index (χ4n) is 3.83. The molecule has 0 saturated carbocycles. The van der Waals surface area contributed by atoms with Gasteiger partial charge in [-0.2, -0.15) is 0 Å². The minimum atomic E-state index is -0.580. The highest BCUT2D eigenvalue weighted by Gasteiger charge is 2.23. The molecule has 0 aliphatic rings. The first-order valence-electron chi connectivity index (χ1n) is 11.8. The van der Waals surface area contributed by atoms with Crippen molar-refractivity contribution in [1.82, 2.24) is 0 Å². The first kappa shape index (κ1) is 26.8. The standard InChI is InChI=1S/C30H34O6/c1-17-13-21(15-23(25(17)31)29(3,4)5)35-27(33)19-9-11-20(12-10-19)28(34)36-22-14-18(2)26(32)24(16-22)30(6,7)8/h9-16,31-32H,1-8H3. The van der Waals surface area contributed by atoms with Gasteiger partial charge in [0.1, 0.15) is 23.0 Å². The number of phenols is 2. The van der Waals surface area contributed by atoms with Crippen LogP contribution in [-0.2, 0) is 10.8 Å². The molecule has 0 radical (unpaired) electrons. The Kier molecular flexibility index (Phi) is 7.21. The smallest absolute Gasteiger partial charge is 0.343 e. The molecule has 0 fully saturated rings. The quantitative estimate of drug-likeness (QED) is 0.310. The number of esters is 2. The van der Waals surface area contributed by atoms with E-state index < -0.39 is 11.9 Å². The topological polar surface area (TPSA) is 93.1 Å². The lowest BCUT2D eigenvalue weighted by atomic mass is 9.85. The summed E-state index contributed by atoms with van der Waals surface area (Å²) in [6, 6.07) is 12.5. The monoisotopic (exact) mass is 490 g/mol. The minimum Gasteiger partial charge on any atom is -0.507 e. The van der Waals surface area contributed by atoms with Crippen LogP contribution in [-0.4, -0.2) is 22.2 Å². The molecule has 0 heterocycles. The van der Waals surface area contributed by atoms with E-state index in [2.05, 4.69) is 0 Å². The molecular formula is C30H34O6. The number of carbonyl (C=O) groups is 2. The minimum absolute atomic E-state index is 0.184. The molecule has 36 heavy (non-hydrogen) atoms. The van der Waals surface area contributed by atoms with Crippen molar-refractivity contribution in [3.63, 3.8) is 0 Å². The Bertz CT molecular complexity index is 1200. The predicted octanol–water partition coefficient (Wildman–Crippen LogP) is 6.75. The van der Waals surface area contributed by atoms with Crippen molar-refractivity contribution >= 4 is 11.9 Å². The first-order chi connectivity index (χ1) is 16.6. The van der Waals surface area contributed by atoms with Crippen LogP contribution in [0.25, 0.3) is 0 Å². The molecule has 0 unspecified atom stereocenters. The summed E-state index contributed by atoms with van der Waals surface area (Å²) in [4.78, 5) is 25.4. The van der Waals surface area contributed by atoms with Gasteiger partial charge in [-0.1, -0.05) is 41.5 Å². The van der Waals surface area contributed by atoms with Crippen molar-refractivity contribution in [3.05, 3.63) is 81.9 Å². The number of ether oxygens (including phenoxy) is 2. The van der Waals surface area contributed by atoms with E-state index in [1.807, 2.05) is 41.5 Å². The average Bonchev–Trinajstić information content (AvgIpc) is 2.77. The predicted molar refractivity (Wildman–Crippen MR) is 139 cm³/mol. The summed E-state index contributed by atoms with van der Waals surface area (Å²) in [5.74, 6) is -0.123. The maximum Gasteiger partial charge on any atom is 0.343 e. The van der Waals surface area contributed by atoms with E-state index in [9.17, 15) is 19.8 Å². The van der Waals surface area contributed by atoms with Crippen LogP contribution in [0.5, 0.6) is 23.0 Å². The zero-order chi connectivity index (χ0) is 27.0. The van der Waals surface area contributed by atoms with Crippen molar-refractivity contribution < 1.29 is 29.3 Å². The Morgan fingerprint density at radius 2 is 0.917 bits per heavy atom. The van der Waals surface area contributed by atoms with Crippen molar-refractivity contribution in [3.8, 4) is 23.0 Å². The van der Waals surface area contributed by atoms with E-state index in [4.69, 9.17) is 9.47 Å². The van der Waals surface area contributed by atoms with E-state index in [1.165, 1.54) is 24.3 Å². The molecule has 6 heteroatoms. The van der Waals surface area contributed by atoms with Gasteiger partial charge in [0.15, 0.2) is 0 Å². The fourth-order valence-corrected chi connectivity index (χ4v) is 3.83. The van der Waals surface area contributed by atoms with Gasteiger partial charge in [-0.15, -0.1) is 0 Å². The molecule has 0 saturated heterocycles. The maximum atomic E-state index is 12.7. The van der Waals surface area contributed by atoms with Crippen LogP contribution in [0.4, 0.5) is 0 Å². The molecule has 0 aliphatic heterocycles. The Labute approximate surface area is 212 Å². The molecule has 2 N–H and O–H groups in total. The SMILES string of the molecule is Cc1cc(OC(=O)c2ccc(C(=O)Oc3cc(C)c(O)c(C(C)(C)C)c3)cc2)cc(C(C)(C)C)c1O. The number of aromatic hydroxyl groups is 2. The summed E-state index contributed by atoms with van der Waals surface area (Å²) in [5, 5.41) is 20.8. The van der Waals surface area contributed by atoms with Gasteiger partial charge in [-0.3, -0.25) is 0 Å². The third kappa shape index (κ3) is 5.88. The van der Waals surface area contributed by atoms with Crippen molar-refractivity contribution in [2.75, 3.05) is 0 Å². The summed E-state index contributed by atoms with van der Waals surface area (Å²) < 4.78 is 11.1. The zero-order valence-corrected chi connectivity index (χ0v) is 22.1. The number of carbonyl (C=O) groups excluding carboxylic acids is 2. The van der Waals surface area contributed by atoms with Crippen molar-refractivity contribution in [1.29, 1.82) is 0 Å². The Balaban J connectivity index is 1.77. The summed E-state index contributed by atoms with van der Waals surface area (Å²) in [6.07, 6.45) is 0. The van der Waals surface area contributed by atoms with Crippen LogP contribution in [0, 0.1) is 13.8 Å². The Morgan fingerprint density at radius 3 is 1.19 bits per heavy atom. The Hall–Kier alpha value is -3.80. The summed E-state index contributed by atoms with van der Waals surface area (Å²) in [6.45, 7) is 15.3. The third-order valence-electron chi connectivity index (χ3n) is 5.94. The number of aryl methyl sites for hydroxylation is 2. The molecule has 0 atom stereocenters. The molecule has 0 aromatic heterocycles. The lowest BCUT2D eigenvalue weighted by molar-refractivity contribution is 0.0720. The number of benzene rings is 3. The molecular weight excluding hydrogens is 456 g/mol. The molecule has 3 rings (SSSR count). The van der Waals surface area contributed by atoms with E-state index in [1.54, 1.807) is 38.1 Å². The van der Waals surface area contributed by atoms with Gasteiger partial charge in [0.25, 0.3) is 0 Å². The second-order valence-electron chi connectivity index (χ2n) is 11.1. The zero-order valence-electron chi connectivity index (χ0n) is 22.1. The number of phenolic OH excluding ortho intramolecular Hbond substituents is 2. The van der Waals surface area contributed by atoms with Crippen LogP contribution in [0.3, 0.4) is 0 Å². The van der Waals surface area contributed by atoms with E-state index >= 15 is 0 Å². The lowest BCUT2D eigenvalue weighted by Crippen LogP contribution is -2.15. The van der Waals surface area contributed by atoms with E-state index in [0.29, 0.717) is 33.8 Å². The van der Waals surface area contributed by atoms with Gasteiger partial charge in [0.2, 0.25) is 0 Å². The van der Waals surface area contributed by atoms with Crippen LogP contribution < -0.4 is 9.47 Å². The molecule has 190 valence electrons.